The van der Waals surface area contributed by atoms with Gasteiger partial charge in [0.05, 0.1) is 13.1 Å². The van der Waals surface area contributed by atoms with Crippen molar-refractivity contribution in [3.63, 3.8) is 0 Å². The van der Waals surface area contributed by atoms with Gasteiger partial charge in [-0.3, -0.25) is 4.79 Å². The lowest BCUT2D eigenvalue weighted by Gasteiger charge is -2.12. The number of nitrogens with zero attached hydrogens (tertiary/aromatic N) is 1. The van der Waals surface area contributed by atoms with Crippen molar-refractivity contribution in [2.24, 2.45) is 10.7 Å². The Labute approximate surface area is 154 Å². The molecule has 0 saturated carbocycles. The number of primary amides is 1. The zero-order valence-corrected chi connectivity index (χ0v) is 15.3. The third kappa shape index (κ3) is 6.47. The van der Waals surface area contributed by atoms with Crippen molar-refractivity contribution in [1.82, 2.24) is 10.6 Å². The first kappa shape index (κ1) is 19.3. The van der Waals surface area contributed by atoms with Gasteiger partial charge in [0.1, 0.15) is 12.4 Å². The molecule has 2 aromatic rings. The second kappa shape index (κ2) is 10.1. The molecular formula is C20H26N4O2. The van der Waals surface area contributed by atoms with Crippen LogP contribution in [0.3, 0.4) is 0 Å². The van der Waals surface area contributed by atoms with Crippen LogP contribution in [0.5, 0.6) is 5.75 Å². The number of nitrogens with two attached hydrogens (primary N) is 1. The van der Waals surface area contributed by atoms with Crippen molar-refractivity contribution in [2.45, 2.75) is 20.4 Å². The fourth-order valence-electron chi connectivity index (χ4n) is 2.26. The highest BCUT2D eigenvalue weighted by Crippen LogP contribution is 2.10. The van der Waals surface area contributed by atoms with E-state index in [1.54, 1.807) is 12.1 Å². The van der Waals surface area contributed by atoms with Crippen molar-refractivity contribution in [2.75, 3.05) is 19.7 Å². The fourth-order valence-corrected chi connectivity index (χ4v) is 2.26. The number of benzene rings is 2. The maximum absolute atomic E-state index is 11.1. The second-order valence-electron chi connectivity index (χ2n) is 5.84. The van der Waals surface area contributed by atoms with Crippen LogP contribution in [0.25, 0.3) is 0 Å². The minimum atomic E-state index is -0.427. The van der Waals surface area contributed by atoms with Gasteiger partial charge in [-0.2, -0.15) is 0 Å². The minimum Gasteiger partial charge on any atom is -0.492 e. The number of hydrogen-bond donors (Lipinski definition) is 3. The summed E-state index contributed by atoms with van der Waals surface area (Å²) < 4.78 is 5.70. The van der Waals surface area contributed by atoms with E-state index in [9.17, 15) is 4.79 Å². The van der Waals surface area contributed by atoms with Crippen LogP contribution in [0, 0.1) is 6.92 Å². The molecule has 0 aliphatic carbocycles. The first-order valence-corrected chi connectivity index (χ1v) is 8.69. The van der Waals surface area contributed by atoms with Gasteiger partial charge in [0.15, 0.2) is 5.96 Å². The largest absolute Gasteiger partial charge is 0.492 e. The topological polar surface area (TPSA) is 88.7 Å². The fraction of sp³-hybridized carbons (Fsp3) is 0.300. The van der Waals surface area contributed by atoms with E-state index in [0.717, 1.165) is 23.8 Å². The Morgan fingerprint density at radius 1 is 1.08 bits per heavy atom. The van der Waals surface area contributed by atoms with E-state index in [4.69, 9.17) is 10.5 Å². The van der Waals surface area contributed by atoms with Gasteiger partial charge < -0.3 is 21.1 Å². The molecule has 6 nitrogen and oxygen atoms in total. The van der Waals surface area contributed by atoms with Crippen LogP contribution >= 0.6 is 0 Å². The zero-order chi connectivity index (χ0) is 18.8. The summed E-state index contributed by atoms with van der Waals surface area (Å²) >= 11 is 0. The van der Waals surface area contributed by atoms with Gasteiger partial charge in [0.25, 0.3) is 0 Å². The maximum Gasteiger partial charge on any atom is 0.248 e. The highest BCUT2D eigenvalue weighted by Gasteiger charge is 2.01. The maximum atomic E-state index is 11.1. The highest BCUT2D eigenvalue weighted by atomic mass is 16.5. The van der Waals surface area contributed by atoms with Gasteiger partial charge in [0.2, 0.25) is 5.91 Å². The third-order valence-electron chi connectivity index (χ3n) is 3.69. The van der Waals surface area contributed by atoms with E-state index in [0.29, 0.717) is 25.3 Å². The van der Waals surface area contributed by atoms with Crippen LogP contribution in [-0.4, -0.2) is 31.6 Å². The van der Waals surface area contributed by atoms with Gasteiger partial charge in [-0.1, -0.05) is 29.8 Å². The molecule has 4 N–H and O–H groups in total. The molecule has 0 atom stereocenters. The number of aliphatic imine (C=N–C) groups is 1. The zero-order valence-electron chi connectivity index (χ0n) is 15.3. The Morgan fingerprint density at radius 2 is 1.77 bits per heavy atom. The number of amides is 1. The quantitative estimate of drug-likeness (QED) is 0.385. The van der Waals surface area contributed by atoms with Gasteiger partial charge >= 0.3 is 0 Å². The summed E-state index contributed by atoms with van der Waals surface area (Å²) in [6, 6.07) is 15.1. The summed E-state index contributed by atoms with van der Waals surface area (Å²) in [6.45, 7) is 6.52. The number of aryl methyl sites for hydroxylation is 1. The first-order valence-electron chi connectivity index (χ1n) is 8.69. The SMILES string of the molecule is CCNC(=NCc1ccc(C(N)=O)cc1)NCCOc1ccc(C)cc1. The van der Waals surface area contributed by atoms with Crippen LogP contribution in [0.2, 0.25) is 0 Å². The summed E-state index contributed by atoms with van der Waals surface area (Å²) in [5, 5.41) is 6.44. The van der Waals surface area contributed by atoms with E-state index >= 15 is 0 Å². The smallest absolute Gasteiger partial charge is 0.248 e. The molecule has 1 amide bonds. The lowest BCUT2D eigenvalue weighted by Crippen LogP contribution is -2.39. The number of nitrogens with one attached hydrogen (secondary N) is 2. The van der Waals surface area contributed by atoms with Crippen LogP contribution in [0.1, 0.15) is 28.4 Å². The predicted molar refractivity (Wildman–Crippen MR) is 104 cm³/mol. The lowest BCUT2D eigenvalue weighted by molar-refractivity contribution is 0.100. The Morgan fingerprint density at radius 3 is 2.38 bits per heavy atom. The normalized spacial score (nSPS) is 11.1. The Hall–Kier alpha value is -3.02. The van der Waals surface area contributed by atoms with Crippen LogP contribution < -0.4 is 21.1 Å². The van der Waals surface area contributed by atoms with Crippen LogP contribution in [-0.2, 0) is 6.54 Å². The van der Waals surface area contributed by atoms with Crippen molar-refractivity contribution in [3.05, 3.63) is 65.2 Å². The number of hydrogen-bond acceptors (Lipinski definition) is 3. The molecular weight excluding hydrogens is 328 g/mol. The van der Waals surface area contributed by atoms with E-state index in [-0.39, 0.29) is 0 Å². The molecule has 0 aliphatic heterocycles. The highest BCUT2D eigenvalue weighted by molar-refractivity contribution is 5.92. The summed E-state index contributed by atoms with van der Waals surface area (Å²) in [5.41, 5.74) is 7.95. The number of rotatable bonds is 8. The molecule has 0 bridgehead atoms. The third-order valence-corrected chi connectivity index (χ3v) is 3.69. The second-order valence-corrected chi connectivity index (χ2v) is 5.84. The Bertz CT molecular complexity index is 724. The lowest BCUT2D eigenvalue weighted by atomic mass is 10.1. The van der Waals surface area contributed by atoms with E-state index in [1.807, 2.05) is 50.2 Å². The molecule has 0 radical (unpaired) electrons. The summed E-state index contributed by atoms with van der Waals surface area (Å²) in [4.78, 5) is 15.6. The summed E-state index contributed by atoms with van der Waals surface area (Å²) in [6.07, 6.45) is 0. The minimum absolute atomic E-state index is 0.427. The van der Waals surface area contributed by atoms with Gasteiger partial charge in [-0.05, 0) is 43.7 Å². The molecule has 138 valence electrons. The molecule has 0 heterocycles. The van der Waals surface area contributed by atoms with Gasteiger partial charge in [-0.25, -0.2) is 4.99 Å². The molecule has 0 aliphatic rings. The molecule has 2 rings (SSSR count). The number of ether oxygens (including phenoxy) is 1. The van der Waals surface area contributed by atoms with E-state index < -0.39 is 5.91 Å². The standard InChI is InChI=1S/C20H26N4O2/c1-3-22-20(23-12-13-26-18-10-4-15(2)5-11-18)24-14-16-6-8-17(9-7-16)19(21)25/h4-11H,3,12-14H2,1-2H3,(H2,21,25)(H2,22,23,24). The van der Waals surface area contributed by atoms with E-state index in [1.165, 1.54) is 5.56 Å². The van der Waals surface area contributed by atoms with Gasteiger partial charge in [0, 0.05) is 12.1 Å². The molecule has 26 heavy (non-hydrogen) atoms. The molecule has 2 aromatic carbocycles. The molecule has 0 saturated heterocycles. The molecule has 0 spiro atoms. The number of carbonyl (C=O) groups excluding carboxylic acids is 1. The summed E-state index contributed by atoms with van der Waals surface area (Å²) in [7, 11) is 0. The van der Waals surface area contributed by atoms with Crippen LogP contribution in [0.15, 0.2) is 53.5 Å². The van der Waals surface area contributed by atoms with Crippen molar-refractivity contribution in [1.29, 1.82) is 0 Å². The number of guanidine groups is 1. The molecule has 0 unspecified atom stereocenters. The van der Waals surface area contributed by atoms with Crippen LogP contribution in [0.4, 0.5) is 0 Å². The predicted octanol–water partition coefficient (Wildman–Crippen LogP) is 2.23. The van der Waals surface area contributed by atoms with Gasteiger partial charge in [-0.15, -0.1) is 0 Å². The van der Waals surface area contributed by atoms with E-state index in [2.05, 4.69) is 15.6 Å². The molecule has 0 fully saturated rings. The Kier molecular flexibility index (Phi) is 7.49. The van der Waals surface area contributed by atoms with Crippen molar-refractivity contribution >= 4 is 11.9 Å². The number of carbonyl (C=O) groups is 1. The van der Waals surface area contributed by atoms with Crippen molar-refractivity contribution < 1.29 is 9.53 Å². The first-order chi connectivity index (χ1) is 12.6. The average Bonchev–Trinajstić information content (AvgIpc) is 2.65. The van der Waals surface area contributed by atoms with Crippen molar-refractivity contribution in [3.8, 4) is 5.75 Å². The molecule has 0 aromatic heterocycles. The Balaban J connectivity index is 1.81. The monoisotopic (exact) mass is 354 g/mol. The molecule has 6 heteroatoms. The average molecular weight is 354 g/mol. The summed E-state index contributed by atoms with van der Waals surface area (Å²) in [5.74, 6) is 1.15.